The molecule has 0 bridgehead atoms. The molecular weight excluding hydrogens is 340 g/mol. The first-order valence-corrected chi connectivity index (χ1v) is 7.36. The molecule has 1 aromatic carbocycles. The maximum absolute atomic E-state index is 6.16. The number of nitrogens with one attached hydrogen (secondary N) is 1. The lowest BCUT2D eigenvalue weighted by molar-refractivity contribution is 0.471. The van der Waals surface area contributed by atoms with E-state index in [9.17, 15) is 0 Å². The molecule has 0 saturated heterocycles. The molecule has 1 atom stereocenters. The molecule has 0 aliphatic carbocycles. The van der Waals surface area contributed by atoms with Crippen LogP contribution in [0, 0.1) is 0 Å². The van der Waals surface area contributed by atoms with Crippen LogP contribution in [0.2, 0.25) is 5.02 Å². The highest BCUT2D eigenvalue weighted by atomic mass is 79.9. The number of fused-ring (bicyclic) bond motifs is 1. The number of anilines is 1. The Morgan fingerprint density at radius 2 is 2.15 bits per heavy atom. The van der Waals surface area contributed by atoms with Crippen LogP contribution in [0.4, 0.5) is 5.69 Å². The molecule has 0 fully saturated rings. The highest BCUT2D eigenvalue weighted by Gasteiger charge is 2.12. The molecule has 3 nitrogen and oxygen atoms in total. The number of rotatable bonds is 3. The Morgan fingerprint density at radius 3 is 2.90 bits per heavy atom. The van der Waals surface area contributed by atoms with Crippen molar-refractivity contribution >= 4 is 44.1 Å². The van der Waals surface area contributed by atoms with Crippen LogP contribution in [0.5, 0.6) is 0 Å². The zero-order valence-electron chi connectivity index (χ0n) is 10.7. The summed E-state index contributed by atoms with van der Waals surface area (Å²) in [7, 11) is 0. The van der Waals surface area contributed by atoms with Gasteiger partial charge in [0.2, 0.25) is 0 Å². The lowest BCUT2D eigenvalue weighted by Gasteiger charge is -2.15. The van der Waals surface area contributed by atoms with Crippen molar-refractivity contribution in [3.63, 3.8) is 0 Å². The van der Waals surface area contributed by atoms with E-state index in [2.05, 4.69) is 26.2 Å². The van der Waals surface area contributed by atoms with Crippen molar-refractivity contribution in [3.05, 3.63) is 58.0 Å². The highest BCUT2D eigenvalue weighted by molar-refractivity contribution is 9.10. The van der Waals surface area contributed by atoms with Gasteiger partial charge in [-0.3, -0.25) is 4.98 Å². The lowest BCUT2D eigenvalue weighted by Crippen LogP contribution is -2.06. The number of hydrogen-bond donors (Lipinski definition) is 1. The summed E-state index contributed by atoms with van der Waals surface area (Å²) in [5.41, 5.74) is 1.79. The number of furan rings is 1. The van der Waals surface area contributed by atoms with Crippen LogP contribution in [-0.4, -0.2) is 4.98 Å². The van der Waals surface area contributed by atoms with Gasteiger partial charge >= 0.3 is 0 Å². The van der Waals surface area contributed by atoms with Gasteiger partial charge in [0.05, 0.1) is 17.2 Å². The predicted molar refractivity (Wildman–Crippen MR) is 85.2 cm³/mol. The Bertz CT molecular complexity index is 756. The minimum Gasteiger partial charge on any atom is -0.452 e. The molecule has 2 heterocycles. The van der Waals surface area contributed by atoms with Gasteiger partial charge in [0.25, 0.3) is 0 Å². The Hall–Kier alpha value is -1.52. The first-order chi connectivity index (χ1) is 9.63. The normalized spacial score (nSPS) is 12.6. The second kappa shape index (κ2) is 5.46. The molecule has 1 unspecified atom stereocenters. The van der Waals surface area contributed by atoms with E-state index in [1.807, 2.05) is 43.3 Å². The van der Waals surface area contributed by atoms with Crippen molar-refractivity contribution in [2.24, 2.45) is 0 Å². The van der Waals surface area contributed by atoms with E-state index in [1.54, 1.807) is 6.20 Å². The van der Waals surface area contributed by atoms with Crippen molar-refractivity contribution in [3.8, 4) is 0 Å². The van der Waals surface area contributed by atoms with Crippen molar-refractivity contribution in [2.75, 3.05) is 5.32 Å². The van der Waals surface area contributed by atoms with Crippen molar-refractivity contribution in [2.45, 2.75) is 13.0 Å². The van der Waals surface area contributed by atoms with Crippen molar-refractivity contribution in [1.29, 1.82) is 0 Å². The van der Waals surface area contributed by atoms with Crippen LogP contribution >= 0.6 is 27.5 Å². The fourth-order valence-corrected chi connectivity index (χ4v) is 2.68. The van der Waals surface area contributed by atoms with E-state index in [0.717, 1.165) is 27.0 Å². The number of hydrogen-bond acceptors (Lipinski definition) is 3. The molecule has 0 aliphatic rings. The van der Waals surface area contributed by atoms with E-state index in [4.69, 9.17) is 16.0 Å². The zero-order chi connectivity index (χ0) is 14.1. The van der Waals surface area contributed by atoms with Crippen LogP contribution in [0.25, 0.3) is 10.9 Å². The summed E-state index contributed by atoms with van der Waals surface area (Å²) in [5, 5.41) is 5.08. The van der Waals surface area contributed by atoms with Crippen molar-refractivity contribution < 1.29 is 4.42 Å². The topological polar surface area (TPSA) is 38.1 Å². The molecule has 0 saturated carbocycles. The monoisotopic (exact) mass is 350 g/mol. The van der Waals surface area contributed by atoms with Gasteiger partial charge in [-0.05, 0) is 53.2 Å². The maximum Gasteiger partial charge on any atom is 0.169 e. The van der Waals surface area contributed by atoms with E-state index in [0.29, 0.717) is 5.02 Å². The Morgan fingerprint density at radius 1 is 1.30 bits per heavy atom. The number of halogens is 2. The summed E-state index contributed by atoms with van der Waals surface area (Å²) in [5.74, 6) is 0.848. The second-order valence-corrected chi connectivity index (χ2v) is 5.75. The second-order valence-electron chi connectivity index (χ2n) is 4.54. The Labute approximate surface area is 130 Å². The fourth-order valence-electron chi connectivity index (χ4n) is 2.13. The summed E-state index contributed by atoms with van der Waals surface area (Å²) in [6.45, 7) is 2.03. The Kier molecular flexibility index (Phi) is 3.68. The first kappa shape index (κ1) is 13.5. The SMILES string of the molecule is CC(Nc1cc(Cl)cc2cccnc12)c1ccc(Br)o1. The van der Waals surface area contributed by atoms with Crippen LogP contribution < -0.4 is 5.32 Å². The molecule has 102 valence electrons. The zero-order valence-corrected chi connectivity index (χ0v) is 13.1. The van der Waals surface area contributed by atoms with Crippen LogP contribution in [-0.2, 0) is 0 Å². The highest BCUT2D eigenvalue weighted by Crippen LogP contribution is 2.30. The molecule has 5 heteroatoms. The van der Waals surface area contributed by atoms with E-state index in [-0.39, 0.29) is 6.04 Å². The minimum absolute atomic E-state index is 0.0185. The summed E-state index contributed by atoms with van der Waals surface area (Å²) < 4.78 is 6.28. The number of benzene rings is 1. The average Bonchev–Trinajstić information content (AvgIpc) is 2.85. The molecule has 20 heavy (non-hydrogen) atoms. The number of pyridine rings is 1. The van der Waals surface area contributed by atoms with Gasteiger partial charge < -0.3 is 9.73 Å². The third-order valence-electron chi connectivity index (χ3n) is 3.06. The number of nitrogens with zero attached hydrogens (tertiary/aromatic N) is 1. The molecule has 1 N–H and O–H groups in total. The van der Waals surface area contributed by atoms with Gasteiger partial charge in [-0.15, -0.1) is 0 Å². The standard InChI is InChI=1S/C15H12BrClN2O/c1-9(13-4-5-14(16)20-13)19-12-8-11(17)7-10-3-2-6-18-15(10)12/h2-9,19H,1H3. The van der Waals surface area contributed by atoms with Crippen LogP contribution in [0.15, 0.2) is 51.7 Å². The third-order valence-corrected chi connectivity index (χ3v) is 3.71. The van der Waals surface area contributed by atoms with Crippen LogP contribution in [0.3, 0.4) is 0 Å². The van der Waals surface area contributed by atoms with Gasteiger partial charge in [-0.1, -0.05) is 17.7 Å². The largest absolute Gasteiger partial charge is 0.452 e. The summed E-state index contributed by atoms with van der Waals surface area (Å²) >= 11 is 9.47. The molecule has 2 aromatic heterocycles. The van der Waals surface area contributed by atoms with Crippen molar-refractivity contribution in [1.82, 2.24) is 4.98 Å². The predicted octanol–water partition coefficient (Wildman–Crippen LogP) is 5.42. The quantitative estimate of drug-likeness (QED) is 0.685. The molecule has 0 spiro atoms. The molecule has 3 rings (SSSR count). The molecular formula is C15H12BrClN2O. The van der Waals surface area contributed by atoms with Gasteiger partial charge in [0.15, 0.2) is 4.67 Å². The van der Waals surface area contributed by atoms with Gasteiger partial charge in [-0.25, -0.2) is 0 Å². The third kappa shape index (κ3) is 2.67. The maximum atomic E-state index is 6.16. The summed E-state index contributed by atoms with van der Waals surface area (Å²) in [6.07, 6.45) is 1.77. The smallest absolute Gasteiger partial charge is 0.169 e. The summed E-state index contributed by atoms with van der Waals surface area (Å²) in [4.78, 5) is 4.41. The average molecular weight is 352 g/mol. The molecule has 0 aliphatic heterocycles. The van der Waals surface area contributed by atoms with Gasteiger partial charge in [0.1, 0.15) is 5.76 Å². The molecule has 0 radical (unpaired) electrons. The Balaban J connectivity index is 1.98. The van der Waals surface area contributed by atoms with Gasteiger partial charge in [0, 0.05) is 16.6 Å². The van der Waals surface area contributed by atoms with Gasteiger partial charge in [-0.2, -0.15) is 0 Å². The minimum atomic E-state index is 0.0185. The van der Waals surface area contributed by atoms with Crippen LogP contribution in [0.1, 0.15) is 18.7 Å². The number of aromatic nitrogens is 1. The molecule has 3 aromatic rings. The lowest BCUT2D eigenvalue weighted by atomic mass is 10.1. The van der Waals surface area contributed by atoms with E-state index >= 15 is 0 Å². The fraction of sp³-hybridized carbons (Fsp3) is 0.133. The van der Waals surface area contributed by atoms with E-state index in [1.165, 1.54) is 0 Å². The van der Waals surface area contributed by atoms with E-state index < -0.39 is 0 Å². The first-order valence-electron chi connectivity index (χ1n) is 6.19. The summed E-state index contributed by atoms with van der Waals surface area (Å²) in [6, 6.07) is 11.5. The molecule has 0 amide bonds.